The molecule has 152 valence electrons. The van der Waals surface area contributed by atoms with Crippen LogP contribution in [0.1, 0.15) is 74.6 Å². The Morgan fingerprint density at radius 1 is 1.30 bits per heavy atom. The summed E-state index contributed by atoms with van der Waals surface area (Å²) >= 11 is 0. The summed E-state index contributed by atoms with van der Waals surface area (Å²) in [6.07, 6.45) is 7.81. The molecular weight excluding hydrogens is 340 g/mol. The van der Waals surface area contributed by atoms with Crippen molar-refractivity contribution in [3.63, 3.8) is 0 Å². The van der Waals surface area contributed by atoms with Gasteiger partial charge < -0.3 is 15.0 Å². The Morgan fingerprint density at radius 2 is 2.07 bits per heavy atom. The molecule has 3 rings (SSSR count). The van der Waals surface area contributed by atoms with E-state index in [-0.39, 0.29) is 5.91 Å². The Kier molecular flexibility index (Phi) is 7.30. The van der Waals surface area contributed by atoms with E-state index >= 15 is 0 Å². The minimum absolute atomic E-state index is 0.143. The minimum Gasteiger partial charge on any atom is -0.379 e. The van der Waals surface area contributed by atoms with E-state index in [2.05, 4.69) is 30.8 Å². The zero-order valence-electron chi connectivity index (χ0n) is 17.3. The molecule has 1 fully saturated rings. The highest BCUT2D eigenvalue weighted by Gasteiger charge is 2.31. The lowest BCUT2D eigenvalue weighted by Gasteiger charge is -2.27. The number of nitrogens with one attached hydrogen (secondary N) is 1. The molecule has 0 radical (unpaired) electrons. The number of amides is 1. The first-order chi connectivity index (χ1) is 13.1. The predicted molar refractivity (Wildman–Crippen MR) is 107 cm³/mol. The average Bonchev–Trinajstić information content (AvgIpc) is 3.05. The van der Waals surface area contributed by atoms with Crippen LogP contribution in [0.25, 0.3) is 0 Å². The summed E-state index contributed by atoms with van der Waals surface area (Å²) in [5, 5.41) is 8.39. The fraction of sp³-hybridized carbons (Fsp3) is 0.810. The van der Waals surface area contributed by atoms with Crippen molar-refractivity contribution in [2.45, 2.75) is 84.4 Å². The van der Waals surface area contributed by atoms with E-state index in [0.29, 0.717) is 17.8 Å². The highest BCUT2D eigenvalue weighted by molar-refractivity contribution is 5.94. The lowest BCUT2D eigenvalue weighted by molar-refractivity contribution is 0.0716. The van der Waals surface area contributed by atoms with Gasteiger partial charge in [0.1, 0.15) is 0 Å². The number of piperidine rings is 1. The molecule has 0 spiro atoms. The van der Waals surface area contributed by atoms with Crippen LogP contribution in [-0.2, 0) is 24.1 Å². The van der Waals surface area contributed by atoms with Gasteiger partial charge in [-0.05, 0) is 72.3 Å². The molecule has 1 aliphatic heterocycles. The van der Waals surface area contributed by atoms with E-state index in [1.165, 1.54) is 17.7 Å². The Labute approximate surface area is 163 Å². The third kappa shape index (κ3) is 5.11. The highest BCUT2D eigenvalue weighted by Crippen LogP contribution is 2.26. The van der Waals surface area contributed by atoms with Gasteiger partial charge in [-0.3, -0.25) is 9.48 Å². The molecule has 2 aliphatic rings. The van der Waals surface area contributed by atoms with E-state index in [1.807, 2.05) is 4.90 Å². The second-order valence-electron chi connectivity index (χ2n) is 8.11. The number of ether oxygens (including phenoxy) is 1. The standard InChI is InChI=1S/C21H36N4O2/c1-4-25-19-10-9-17(22-11-8-14-27-16(2)3)15-18(19)20(23-25)21(26)24-12-6-5-7-13-24/h16-17,22H,4-15H2,1-3H3/t17-/m1/s1. The molecule has 1 aromatic rings. The fourth-order valence-electron chi connectivity index (χ4n) is 4.24. The minimum atomic E-state index is 0.143. The van der Waals surface area contributed by atoms with Gasteiger partial charge in [0.15, 0.2) is 5.69 Å². The zero-order chi connectivity index (χ0) is 19.2. The van der Waals surface area contributed by atoms with Crippen molar-refractivity contribution in [3.05, 3.63) is 17.0 Å². The van der Waals surface area contributed by atoms with Crippen molar-refractivity contribution in [2.75, 3.05) is 26.2 Å². The van der Waals surface area contributed by atoms with Crippen molar-refractivity contribution >= 4 is 5.91 Å². The number of nitrogens with zero attached hydrogens (tertiary/aromatic N) is 3. The second-order valence-corrected chi connectivity index (χ2v) is 8.11. The maximum absolute atomic E-state index is 13.1. The summed E-state index contributed by atoms with van der Waals surface area (Å²) in [5.74, 6) is 0.143. The molecule has 6 heteroatoms. The van der Waals surface area contributed by atoms with Crippen molar-refractivity contribution in [1.29, 1.82) is 0 Å². The Hall–Kier alpha value is -1.40. The Balaban J connectivity index is 1.63. The number of aryl methyl sites for hydroxylation is 1. The summed E-state index contributed by atoms with van der Waals surface area (Å²) < 4.78 is 7.67. The summed E-state index contributed by atoms with van der Waals surface area (Å²) in [6.45, 7) is 10.6. The summed E-state index contributed by atoms with van der Waals surface area (Å²) in [7, 11) is 0. The van der Waals surface area contributed by atoms with Crippen LogP contribution in [0.4, 0.5) is 0 Å². The van der Waals surface area contributed by atoms with Crippen LogP contribution in [0.3, 0.4) is 0 Å². The van der Waals surface area contributed by atoms with Gasteiger partial charge in [0.05, 0.1) is 6.10 Å². The topological polar surface area (TPSA) is 59.4 Å². The van der Waals surface area contributed by atoms with Gasteiger partial charge >= 0.3 is 0 Å². The second kappa shape index (κ2) is 9.69. The van der Waals surface area contributed by atoms with Gasteiger partial charge in [-0.25, -0.2) is 0 Å². The molecule has 0 unspecified atom stereocenters. The van der Waals surface area contributed by atoms with E-state index in [1.54, 1.807) is 0 Å². The van der Waals surface area contributed by atoms with Crippen LogP contribution in [0, 0.1) is 0 Å². The SMILES string of the molecule is CCn1nc(C(=O)N2CCCCC2)c2c1CC[C@@H](NCCCOC(C)C)C2. The van der Waals surface area contributed by atoms with Crippen LogP contribution in [0.2, 0.25) is 0 Å². The van der Waals surface area contributed by atoms with Crippen LogP contribution >= 0.6 is 0 Å². The van der Waals surface area contributed by atoms with Crippen molar-refractivity contribution in [1.82, 2.24) is 20.0 Å². The summed E-state index contributed by atoms with van der Waals surface area (Å²) in [5.41, 5.74) is 3.18. The van der Waals surface area contributed by atoms with Gasteiger partial charge in [0.25, 0.3) is 5.91 Å². The maximum Gasteiger partial charge on any atom is 0.274 e. The fourth-order valence-corrected chi connectivity index (χ4v) is 4.24. The molecule has 0 saturated carbocycles. The van der Waals surface area contributed by atoms with Crippen LogP contribution in [-0.4, -0.2) is 59.0 Å². The largest absolute Gasteiger partial charge is 0.379 e. The molecule has 1 amide bonds. The monoisotopic (exact) mass is 376 g/mol. The third-order valence-electron chi connectivity index (χ3n) is 5.70. The summed E-state index contributed by atoms with van der Waals surface area (Å²) in [4.78, 5) is 15.1. The number of carbonyl (C=O) groups excluding carboxylic acids is 1. The lowest BCUT2D eigenvalue weighted by Crippen LogP contribution is -2.38. The third-order valence-corrected chi connectivity index (χ3v) is 5.70. The molecule has 2 heterocycles. The first kappa shape index (κ1) is 20.3. The highest BCUT2D eigenvalue weighted by atomic mass is 16.5. The lowest BCUT2D eigenvalue weighted by atomic mass is 9.91. The number of hydrogen-bond donors (Lipinski definition) is 1. The number of carbonyl (C=O) groups is 1. The smallest absolute Gasteiger partial charge is 0.274 e. The molecule has 6 nitrogen and oxygen atoms in total. The maximum atomic E-state index is 13.1. The van der Waals surface area contributed by atoms with Gasteiger partial charge in [-0.2, -0.15) is 5.10 Å². The number of fused-ring (bicyclic) bond motifs is 1. The molecule has 27 heavy (non-hydrogen) atoms. The number of hydrogen-bond acceptors (Lipinski definition) is 4. The molecule has 1 saturated heterocycles. The predicted octanol–water partition coefficient (Wildman–Crippen LogP) is 2.79. The zero-order valence-corrected chi connectivity index (χ0v) is 17.3. The first-order valence-electron chi connectivity index (χ1n) is 10.8. The van der Waals surface area contributed by atoms with E-state index in [0.717, 1.165) is 71.3 Å². The number of aromatic nitrogens is 2. The molecule has 1 N–H and O–H groups in total. The van der Waals surface area contributed by atoms with E-state index in [9.17, 15) is 4.79 Å². The van der Waals surface area contributed by atoms with Crippen LogP contribution in [0.15, 0.2) is 0 Å². The Morgan fingerprint density at radius 3 is 2.78 bits per heavy atom. The first-order valence-corrected chi connectivity index (χ1v) is 10.8. The molecular formula is C21H36N4O2. The van der Waals surface area contributed by atoms with E-state index < -0.39 is 0 Å². The van der Waals surface area contributed by atoms with Gasteiger partial charge in [-0.1, -0.05) is 0 Å². The Bertz CT molecular complexity index is 620. The van der Waals surface area contributed by atoms with Crippen molar-refractivity contribution in [3.8, 4) is 0 Å². The van der Waals surface area contributed by atoms with Crippen molar-refractivity contribution < 1.29 is 9.53 Å². The summed E-state index contributed by atoms with van der Waals surface area (Å²) in [6, 6.07) is 0.430. The van der Waals surface area contributed by atoms with Gasteiger partial charge in [-0.15, -0.1) is 0 Å². The normalized spacial score (nSPS) is 20.1. The molecule has 1 aromatic heterocycles. The average molecular weight is 377 g/mol. The molecule has 0 bridgehead atoms. The number of rotatable bonds is 8. The molecule has 1 aliphatic carbocycles. The number of likely N-dealkylation sites (tertiary alicyclic amines) is 1. The van der Waals surface area contributed by atoms with Gasteiger partial charge in [0.2, 0.25) is 0 Å². The molecule has 0 aromatic carbocycles. The van der Waals surface area contributed by atoms with Crippen LogP contribution < -0.4 is 5.32 Å². The molecule has 1 atom stereocenters. The quantitative estimate of drug-likeness (QED) is 0.709. The van der Waals surface area contributed by atoms with Crippen molar-refractivity contribution in [2.24, 2.45) is 0 Å². The van der Waals surface area contributed by atoms with E-state index in [4.69, 9.17) is 9.84 Å². The van der Waals surface area contributed by atoms with Gasteiger partial charge in [0, 0.05) is 43.5 Å². The van der Waals surface area contributed by atoms with Crippen LogP contribution in [0.5, 0.6) is 0 Å².